The van der Waals surface area contributed by atoms with Gasteiger partial charge in [0.25, 0.3) is 0 Å². The minimum absolute atomic E-state index is 0.357. The molecule has 0 aliphatic carbocycles. The molecule has 2 aromatic rings. The summed E-state index contributed by atoms with van der Waals surface area (Å²) in [6.07, 6.45) is 1.19. The van der Waals surface area contributed by atoms with Crippen molar-refractivity contribution in [3.05, 3.63) is 21.8 Å². The molecule has 1 aliphatic rings. The fraction of sp³-hybridized carbons (Fsp3) is 0.333. The summed E-state index contributed by atoms with van der Waals surface area (Å²) in [5.41, 5.74) is 1.47. The van der Waals surface area contributed by atoms with Gasteiger partial charge in [-0.1, -0.05) is 0 Å². The average Bonchev–Trinajstić information content (AvgIpc) is 2.82. The van der Waals surface area contributed by atoms with Crippen LogP contribution in [0, 0.1) is 0 Å². The minimum Gasteiger partial charge on any atom is -0.204 e. The van der Waals surface area contributed by atoms with Crippen LogP contribution in [0.15, 0.2) is 6.07 Å². The zero-order chi connectivity index (χ0) is 10.3. The smallest absolute Gasteiger partial charge is 0.204 e. The number of aryl methyl sites for hydroxylation is 1. The first-order valence-corrected chi connectivity index (χ1v) is 7.64. The zero-order valence-corrected chi connectivity index (χ0v) is 10.9. The van der Waals surface area contributed by atoms with E-state index in [2.05, 4.69) is 15.4 Å². The molecule has 0 amide bonds. The number of nitrogens with zero attached hydrogens (tertiary/aromatic N) is 2. The summed E-state index contributed by atoms with van der Waals surface area (Å²) in [5, 5.41) is 1.31. The second-order valence-corrected chi connectivity index (χ2v) is 6.56. The highest BCUT2D eigenvalue weighted by molar-refractivity contribution is 7.98. The number of rotatable bonds is 1. The van der Waals surface area contributed by atoms with Crippen molar-refractivity contribution in [2.75, 3.05) is 5.75 Å². The van der Waals surface area contributed by atoms with Crippen molar-refractivity contribution in [3.8, 4) is 9.88 Å². The van der Waals surface area contributed by atoms with Gasteiger partial charge >= 0.3 is 0 Å². The van der Waals surface area contributed by atoms with Crippen molar-refractivity contribution in [1.82, 2.24) is 9.36 Å². The lowest BCUT2D eigenvalue weighted by Gasteiger charge is -2.08. The van der Waals surface area contributed by atoms with E-state index in [0.717, 1.165) is 10.8 Å². The van der Waals surface area contributed by atoms with Gasteiger partial charge in [0, 0.05) is 10.6 Å². The Morgan fingerprint density at radius 1 is 1.40 bits per heavy atom. The van der Waals surface area contributed by atoms with E-state index in [1.165, 1.54) is 39.0 Å². The van der Waals surface area contributed by atoms with Crippen LogP contribution in [0.2, 0.25) is 5.28 Å². The lowest BCUT2D eigenvalue weighted by atomic mass is 10.2. The van der Waals surface area contributed by atoms with Crippen LogP contribution >= 0.6 is 46.2 Å². The topological polar surface area (TPSA) is 25.8 Å². The summed E-state index contributed by atoms with van der Waals surface area (Å²) in [5.74, 6) is 2.38. The molecule has 78 valence electrons. The SMILES string of the molecule is Clc1nsc(-c2cc3c(s2)CCSC3)n1. The molecule has 1 aliphatic heterocycles. The van der Waals surface area contributed by atoms with Gasteiger partial charge in [0.2, 0.25) is 5.28 Å². The molecule has 3 rings (SSSR count). The fourth-order valence-electron chi connectivity index (χ4n) is 1.56. The van der Waals surface area contributed by atoms with E-state index in [0.29, 0.717) is 5.28 Å². The molecule has 15 heavy (non-hydrogen) atoms. The van der Waals surface area contributed by atoms with Crippen LogP contribution in [0.1, 0.15) is 10.4 Å². The Bertz CT molecular complexity index is 468. The molecule has 0 aromatic carbocycles. The number of thiophene rings is 1. The summed E-state index contributed by atoms with van der Waals surface area (Å²) in [7, 11) is 0. The third-order valence-electron chi connectivity index (χ3n) is 2.24. The normalized spacial score (nSPS) is 15.3. The molecule has 2 nitrogen and oxygen atoms in total. The molecular formula is C9H7ClN2S3. The summed E-state index contributed by atoms with van der Waals surface area (Å²) >= 11 is 10.9. The molecule has 0 unspecified atom stereocenters. The molecule has 0 spiro atoms. The Morgan fingerprint density at radius 2 is 2.33 bits per heavy atom. The lowest BCUT2D eigenvalue weighted by Crippen LogP contribution is -1.96. The monoisotopic (exact) mass is 274 g/mol. The number of thioether (sulfide) groups is 1. The summed E-state index contributed by atoms with van der Waals surface area (Å²) in [6.45, 7) is 0. The van der Waals surface area contributed by atoms with Crippen LogP contribution in [0.5, 0.6) is 0 Å². The number of fused-ring (bicyclic) bond motifs is 1. The van der Waals surface area contributed by atoms with E-state index < -0.39 is 0 Å². The standard InChI is InChI=1S/C9H7ClN2S3/c10-9-11-8(15-12-9)7-3-5-4-13-2-1-6(5)14-7/h3H,1-2,4H2. The first-order valence-electron chi connectivity index (χ1n) is 4.52. The first-order chi connectivity index (χ1) is 7.33. The fourth-order valence-corrected chi connectivity index (χ4v) is 4.77. The molecule has 0 bridgehead atoms. The molecule has 0 atom stereocenters. The average molecular weight is 275 g/mol. The van der Waals surface area contributed by atoms with E-state index in [4.69, 9.17) is 11.6 Å². The van der Waals surface area contributed by atoms with Gasteiger partial charge in [0.05, 0.1) is 4.88 Å². The highest BCUT2D eigenvalue weighted by atomic mass is 35.5. The van der Waals surface area contributed by atoms with Gasteiger partial charge < -0.3 is 0 Å². The predicted octanol–water partition coefficient (Wildman–Crippen LogP) is 3.71. The van der Waals surface area contributed by atoms with Crippen LogP contribution in [0.25, 0.3) is 9.88 Å². The highest BCUT2D eigenvalue weighted by Crippen LogP contribution is 2.37. The zero-order valence-electron chi connectivity index (χ0n) is 7.70. The van der Waals surface area contributed by atoms with E-state index >= 15 is 0 Å². The summed E-state index contributed by atoms with van der Waals surface area (Å²) in [4.78, 5) is 6.92. The summed E-state index contributed by atoms with van der Waals surface area (Å²) in [6, 6.07) is 2.24. The van der Waals surface area contributed by atoms with Gasteiger partial charge in [0.15, 0.2) is 5.01 Å². The van der Waals surface area contributed by atoms with Gasteiger partial charge in [0.1, 0.15) is 0 Å². The van der Waals surface area contributed by atoms with E-state index in [-0.39, 0.29) is 0 Å². The van der Waals surface area contributed by atoms with Gasteiger partial charge in [-0.3, -0.25) is 0 Å². The summed E-state index contributed by atoms with van der Waals surface area (Å²) < 4.78 is 4.00. The molecule has 0 saturated carbocycles. The van der Waals surface area contributed by atoms with Gasteiger partial charge in [-0.15, -0.1) is 11.3 Å². The number of halogens is 1. The lowest BCUT2D eigenvalue weighted by molar-refractivity contribution is 1.13. The van der Waals surface area contributed by atoms with E-state index in [9.17, 15) is 0 Å². The third kappa shape index (κ3) is 1.93. The van der Waals surface area contributed by atoms with Crippen molar-refractivity contribution in [3.63, 3.8) is 0 Å². The Labute approximate surface area is 105 Å². The third-order valence-corrected chi connectivity index (χ3v) is 5.64. The van der Waals surface area contributed by atoms with Gasteiger partial charge in [-0.25, -0.2) is 4.98 Å². The number of aromatic nitrogens is 2. The molecule has 2 aromatic heterocycles. The van der Waals surface area contributed by atoms with Crippen molar-refractivity contribution in [2.45, 2.75) is 12.2 Å². The Kier molecular flexibility index (Phi) is 2.72. The maximum Gasteiger partial charge on any atom is 0.234 e. The molecule has 0 fully saturated rings. The quantitative estimate of drug-likeness (QED) is 0.793. The van der Waals surface area contributed by atoms with Crippen LogP contribution in [0.3, 0.4) is 0 Å². The second kappa shape index (κ2) is 4.05. The van der Waals surface area contributed by atoms with Crippen LogP contribution in [-0.4, -0.2) is 15.1 Å². The molecule has 0 saturated heterocycles. The second-order valence-electron chi connectivity index (χ2n) is 3.23. The maximum absolute atomic E-state index is 5.73. The predicted molar refractivity (Wildman–Crippen MR) is 68.1 cm³/mol. The molecule has 3 heterocycles. The van der Waals surface area contributed by atoms with E-state index in [1.54, 1.807) is 0 Å². The molecule has 6 heteroatoms. The van der Waals surface area contributed by atoms with E-state index in [1.807, 2.05) is 23.1 Å². The van der Waals surface area contributed by atoms with Crippen molar-refractivity contribution in [1.29, 1.82) is 0 Å². The largest absolute Gasteiger partial charge is 0.234 e. The van der Waals surface area contributed by atoms with Crippen LogP contribution in [-0.2, 0) is 12.2 Å². The van der Waals surface area contributed by atoms with Gasteiger partial charge in [-0.05, 0) is 46.9 Å². The Balaban J connectivity index is 2.02. The van der Waals surface area contributed by atoms with Crippen molar-refractivity contribution < 1.29 is 0 Å². The minimum atomic E-state index is 0.357. The Morgan fingerprint density at radius 3 is 3.07 bits per heavy atom. The van der Waals surface area contributed by atoms with Crippen molar-refractivity contribution in [2.24, 2.45) is 0 Å². The van der Waals surface area contributed by atoms with Crippen LogP contribution < -0.4 is 0 Å². The number of hydrogen-bond acceptors (Lipinski definition) is 5. The van der Waals surface area contributed by atoms with Crippen molar-refractivity contribution >= 4 is 46.2 Å². The first kappa shape index (κ1) is 10.1. The number of hydrogen-bond donors (Lipinski definition) is 0. The highest BCUT2D eigenvalue weighted by Gasteiger charge is 2.16. The Hall–Kier alpha value is -0.100. The molecule has 0 N–H and O–H groups in total. The van der Waals surface area contributed by atoms with Gasteiger partial charge in [-0.2, -0.15) is 16.1 Å². The molecule has 0 radical (unpaired) electrons. The molecular weight excluding hydrogens is 268 g/mol. The van der Waals surface area contributed by atoms with Crippen LogP contribution in [0.4, 0.5) is 0 Å². The maximum atomic E-state index is 5.73.